The molecule has 0 bridgehead atoms. The lowest BCUT2D eigenvalue weighted by Gasteiger charge is -2.34. The van der Waals surface area contributed by atoms with Gasteiger partial charge >= 0.3 is 0 Å². The van der Waals surface area contributed by atoms with Crippen molar-refractivity contribution < 1.29 is 9.18 Å². The topological polar surface area (TPSA) is 64.6 Å². The molecule has 2 aromatic heterocycles. The maximum absolute atomic E-state index is 14.4. The lowest BCUT2D eigenvalue weighted by atomic mass is 9.96. The zero-order valence-corrected chi connectivity index (χ0v) is 21.3. The first-order chi connectivity index (χ1) is 17.1. The van der Waals surface area contributed by atoms with E-state index in [-0.39, 0.29) is 17.6 Å². The van der Waals surface area contributed by atoms with Gasteiger partial charge in [0.05, 0.1) is 15.6 Å². The molecule has 0 unspecified atom stereocenters. The summed E-state index contributed by atoms with van der Waals surface area (Å²) in [5.41, 5.74) is 0.680. The van der Waals surface area contributed by atoms with E-state index in [9.17, 15) is 9.18 Å². The van der Waals surface area contributed by atoms with Gasteiger partial charge in [-0.15, -0.1) is 11.3 Å². The Hall–Kier alpha value is -2.36. The van der Waals surface area contributed by atoms with Crippen LogP contribution in [0.4, 0.5) is 10.2 Å². The fourth-order valence-corrected chi connectivity index (χ4v) is 6.54. The zero-order chi connectivity index (χ0) is 24.2. The molecule has 3 aromatic rings. The molecule has 1 N–H and O–H groups in total. The number of thiophene rings is 1. The summed E-state index contributed by atoms with van der Waals surface area (Å²) in [7, 11) is 0. The van der Waals surface area contributed by atoms with Gasteiger partial charge in [0.25, 0.3) is 0 Å². The van der Waals surface area contributed by atoms with Crippen molar-refractivity contribution in [2.24, 2.45) is 5.92 Å². The molecule has 2 aliphatic rings. The number of fused-ring (bicyclic) bond motifs is 3. The average molecular weight is 499 g/mol. The number of hydrogen-bond acceptors (Lipinski definition) is 7. The Balaban J connectivity index is 1.09. The summed E-state index contributed by atoms with van der Waals surface area (Å²) in [5, 5.41) is 3.75. The minimum Gasteiger partial charge on any atom is -0.356 e. The number of piperidine rings is 1. The first-order valence-electron chi connectivity index (χ1n) is 12.9. The van der Waals surface area contributed by atoms with Crippen molar-refractivity contribution in [1.29, 1.82) is 0 Å². The van der Waals surface area contributed by atoms with E-state index in [4.69, 9.17) is 0 Å². The highest BCUT2D eigenvalue weighted by molar-refractivity contribution is 7.26. The summed E-state index contributed by atoms with van der Waals surface area (Å²) >= 11 is 1.54. The van der Waals surface area contributed by atoms with Gasteiger partial charge in [-0.05, 0) is 50.9 Å². The van der Waals surface area contributed by atoms with Crippen molar-refractivity contribution in [2.75, 3.05) is 63.8 Å². The summed E-state index contributed by atoms with van der Waals surface area (Å²) in [5.74, 6) is 0.830. The van der Waals surface area contributed by atoms with Gasteiger partial charge in [0.1, 0.15) is 18.0 Å². The molecule has 1 aromatic carbocycles. The number of hydrogen-bond donors (Lipinski definition) is 1. The van der Waals surface area contributed by atoms with E-state index in [0.717, 1.165) is 86.8 Å². The van der Waals surface area contributed by atoms with Gasteiger partial charge < -0.3 is 20.0 Å². The zero-order valence-electron chi connectivity index (χ0n) is 20.5. The van der Waals surface area contributed by atoms with Crippen LogP contribution in [0.2, 0.25) is 0 Å². The molecule has 0 radical (unpaired) electrons. The van der Waals surface area contributed by atoms with Gasteiger partial charge in [0.15, 0.2) is 0 Å². The Bertz CT molecular complexity index is 1150. The predicted octanol–water partition coefficient (Wildman–Crippen LogP) is 3.73. The van der Waals surface area contributed by atoms with E-state index in [1.54, 1.807) is 6.07 Å². The summed E-state index contributed by atoms with van der Waals surface area (Å²) in [4.78, 5) is 29.0. The number of rotatable bonds is 8. The van der Waals surface area contributed by atoms with Crippen LogP contribution in [0.25, 0.3) is 20.3 Å². The fraction of sp³-hybridized carbons (Fsp3) is 0.577. The highest BCUT2D eigenvalue weighted by Crippen LogP contribution is 2.39. The largest absolute Gasteiger partial charge is 0.356 e. The fourth-order valence-electron chi connectivity index (χ4n) is 5.36. The van der Waals surface area contributed by atoms with Gasteiger partial charge in [-0.3, -0.25) is 4.79 Å². The second kappa shape index (κ2) is 11.1. The van der Waals surface area contributed by atoms with Gasteiger partial charge in [-0.1, -0.05) is 13.0 Å². The van der Waals surface area contributed by atoms with Crippen LogP contribution < -0.4 is 10.2 Å². The second-order valence-corrected chi connectivity index (χ2v) is 10.7. The number of carbonyl (C=O) groups excluding carboxylic acids is 1. The van der Waals surface area contributed by atoms with E-state index >= 15 is 0 Å². The molecule has 35 heavy (non-hydrogen) atoms. The molecule has 1 amide bonds. The Kier molecular flexibility index (Phi) is 7.75. The van der Waals surface area contributed by atoms with E-state index < -0.39 is 0 Å². The third kappa shape index (κ3) is 5.42. The average Bonchev–Trinajstić information content (AvgIpc) is 3.28. The maximum atomic E-state index is 14.4. The molecule has 4 heterocycles. The lowest BCUT2D eigenvalue weighted by Crippen LogP contribution is -2.47. The molecule has 9 heteroatoms. The summed E-state index contributed by atoms with van der Waals surface area (Å²) < 4.78 is 16.2. The third-order valence-corrected chi connectivity index (χ3v) is 8.47. The molecule has 7 nitrogen and oxygen atoms in total. The number of halogens is 1. The number of nitrogens with one attached hydrogen (secondary N) is 1. The van der Waals surface area contributed by atoms with Crippen molar-refractivity contribution in [1.82, 2.24) is 25.1 Å². The number of aromatic nitrogens is 2. The lowest BCUT2D eigenvalue weighted by molar-refractivity contribution is -0.125. The quantitative estimate of drug-likeness (QED) is 0.478. The van der Waals surface area contributed by atoms with Crippen LogP contribution in [-0.2, 0) is 4.79 Å². The van der Waals surface area contributed by atoms with Crippen molar-refractivity contribution in [3.05, 3.63) is 30.3 Å². The molecule has 188 valence electrons. The summed E-state index contributed by atoms with van der Waals surface area (Å²) in [6.07, 6.45) is 5.35. The molecule has 0 saturated carbocycles. The first-order valence-corrected chi connectivity index (χ1v) is 13.7. The third-order valence-electron chi connectivity index (χ3n) is 7.33. The van der Waals surface area contributed by atoms with E-state index in [0.29, 0.717) is 10.9 Å². The molecule has 2 saturated heterocycles. The van der Waals surface area contributed by atoms with E-state index in [1.807, 2.05) is 6.07 Å². The number of nitrogens with zero attached hydrogens (tertiary/aromatic N) is 5. The summed E-state index contributed by atoms with van der Waals surface area (Å²) in [6.45, 7) is 11.4. The molecule has 0 spiro atoms. The maximum Gasteiger partial charge on any atom is 0.223 e. The normalized spacial score (nSPS) is 18.5. The van der Waals surface area contributed by atoms with Crippen molar-refractivity contribution in [3.63, 3.8) is 0 Å². The van der Waals surface area contributed by atoms with Crippen LogP contribution in [0.5, 0.6) is 0 Å². The van der Waals surface area contributed by atoms with E-state index in [2.05, 4.69) is 36.9 Å². The van der Waals surface area contributed by atoms with E-state index in [1.165, 1.54) is 36.7 Å². The molecule has 0 aliphatic carbocycles. The van der Waals surface area contributed by atoms with Crippen LogP contribution in [-0.4, -0.2) is 84.6 Å². The molecular weight excluding hydrogens is 463 g/mol. The number of benzene rings is 1. The number of anilines is 1. The molecular formula is C26H35FN6OS. The first kappa shape index (κ1) is 24.3. The number of piperazine rings is 1. The highest BCUT2D eigenvalue weighted by atomic mass is 32.1. The SMILES string of the molecule is CCCN1CCN(CCCNC(=O)C2CCN(c3ncnc4c3sc3cccc(F)c34)CC2)CC1. The van der Waals surface area contributed by atoms with Gasteiger partial charge in [0.2, 0.25) is 5.91 Å². The monoisotopic (exact) mass is 498 g/mol. The van der Waals surface area contributed by atoms with Crippen LogP contribution in [0, 0.1) is 11.7 Å². The van der Waals surface area contributed by atoms with Crippen molar-refractivity contribution >= 4 is 43.4 Å². The Morgan fingerprint density at radius 1 is 1.09 bits per heavy atom. The second-order valence-electron chi connectivity index (χ2n) is 9.68. The molecule has 2 aliphatic heterocycles. The minimum absolute atomic E-state index is 0.0426. The number of carbonyl (C=O) groups is 1. The molecule has 2 fully saturated rings. The van der Waals surface area contributed by atoms with Crippen LogP contribution >= 0.6 is 11.3 Å². The Morgan fingerprint density at radius 2 is 1.83 bits per heavy atom. The molecule has 5 rings (SSSR count). The van der Waals surface area contributed by atoms with Gasteiger partial charge in [-0.2, -0.15) is 0 Å². The van der Waals surface area contributed by atoms with Crippen molar-refractivity contribution in [2.45, 2.75) is 32.6 Å². The highest BCUT2D eigenvalue weighted by Gasteiger charge is 2.27. The Morgan fingerprint density at radius 3 is 2.57 bits per heavy atom. The van der Waals surface area contributed by atoms with Crippen LogP contribution in [0.1, 0.15) is 32.6 Å². The standard InChI is InChI=1S/C26H35FN6OS/c1-2-10-31-14-16-32(17-15-31)11-4-9-28-26(34)19-7-12-33(13-8-19)25-24-23(29-18-30-25)22-20(27)5-3-6-21(22)35-24/h3,5-6,18-19H,2,4,7-17H2,1H3,(H,28,34). The van der Waals surface area contributed by atoms with Gasteiger partial charge in [-0.25, -0.2) is 14.4 Å². The Labute approximate surface area is 210 Å². The minimum atomic E-state index is -0.243. The molecule has 0 atom stereocenters. The smallest absolute Gasteiger partial charge is 0.223 e. The van der Waals surface area contributed by atoms with Crippen LogP contribution in [0.3, 0.4) is 0 Å². The summed E-state index contributed by atoms with van der Waals surface area (Å²) in [6, 6.07) is 5.14. The van der Waals surface area contributed by atoms with Gasteiger partial charge in [0, 0.05) is 56.4 Å². The number of amides is 1. The van der Waals surface area contributed by atoms with Crippen molar-refractivity contribution in [3.8, 4) is 0 Å². The predicted molar refractivity (Wildman–Crippen MR) is 141 cm³/mol. The van der Waals surface area contributed by atoms with Crippen LogP contribution in [0.15, 0.2) is 24.5 Å².